The molecule has 0 aliphatic heterocycles. The Kier molecular flexibility index (Phi) is 4.82. The Bertz CT molecular complexity index is 195. The summed E-state index contributed by atoms with van der Waals surface area (Å²) in [5.41, 5.74) is 0. The number of hydrogen-bond donors (Lipinski definition) is 0. The zero-order valence-corrected chi connectivity index (χ0v) is 7.60. The zero-order chi connectivity index (χ0) is 11.4. The lowest BCUT2D eigenvalue weighted by Gasteiger charge is -2.17. The predicted molar refractivity (Wildman–Crippen MR) is 38.4 cm³/mol. The molecule has 0 aromatic carbocycles. The average molecular weight is 218 g/mol. The Morgan fingerprint density at radius 1 is 1.43 bits per heavy atom. The van der Waals surface area contributed by atoms with Gasteiger partial charge in [-0.1, -0.05) is 0 Å². The van der Waals surface area contributed by atoms with Crippen LogP contribution in [0.4, 0.5) is 17.6 Å². The van der Waals surface area contributed by atoms with E-state index in [1.807, 2.05) is 0 Å². The number of rotatable bonds is 5. The van der Waals surface area contributed by atoms with Crippen LogP contribution in [-0.4, -0.2) is 38.1 Å². The van der Waals surface area contributed by atoms with Crippen molar-refractivity contribution in [2.45, 2.75) is 25.4 Å². The minimum atomic E-state index is -4.25. The Balaban J connectivity index is 3.99. The van der Waals surface area contributed by atoms with Gasteiger partial charge in [0.1, 0.15) is 6.61 Å². The van der Waals surface area contributed by atoms with Gasteiger partial charge in [0, 0.05) is 0 Å². The van der Waals surface area contributed by atoms with Crippen molar-refractivity contribution >= 4 is 5.97 Å². The van der Waals surface area contributed by atoms with Crippen LogP contribution in [-0.2, 0) is 14.3 Å². The highest BCUT2D eigenvalue weighted by Crippen LogP contribution is 2.23. The Labute approximate surface area is 78.0 Å². The summed E-state index contributed by atoms with van der Waals surface area (Å²) in [6.45, 7) is -0.381. The van der Waals surface area contributed by atoms with Crippen LogP contribution in [0.1, 0.15) is 6.92 Å². The van der Waals surface area contributed by atoms with Crippen molar-refractivity contribution in [3.63, 3.8) is 0 Å². The van der Waals surface area contributed by atoms with Crippen LogP contribution in [0.3, 0.4) is 0 Å². The first-order chi connectivity index (χ1) is 6.31. The molecule has 3 nitrogen and oxygen atoms in total. The van der Waals surface area contributed by atoms with Gasteiger partial charge in [-0.3, -0.25) is 0 Å². The smallest absolute Gasteiger partial charge is 0.334 e. The van der Waals surface area contributed by atoms with Crippen LogP contribution < -0.4 is 0 Å². The molecule has 0 aliphatic carbocycles. The molecule has 0 aliphatic rings. The van der Waals surface area contributed by atoms with E-state index < -0.39 is 31.0 Å². The minimum absolute atomic E-state index is 0.893. The molecule has 0 aromatic rings. The zero-order valence-electron chi connectivity index (χ0n) is 7.60. The van der Waals surface area contributed by atoms with Gasteiger partial charge in [-0.05, 0) is 6.92 Å². The van der Waals surface area contributed by atoms with Crippen LogP contribution >= 0.6 is 0 Å². The van der Waals surface area contributed by atoms with Crippen molar-refractivity contribution in [2.24, 2.45) is 0 Å². The molecule has 0 heterocycles. The first-order valence-corrected chi connectivity index (χ1v) is 3.66. The summed E-state index contributed by atoms with van der Waals surface area (Å²) in [5, 5.41) is 0. The van der Waals surface area contributed by atoms with Gasteiger partial charge in [0.2, 0.25) is 0 Å². The molecule has 1 atom stereocenters. The van der Waals surface area contributed by atoms with E-state index in [4.69, 9.17) is 0 Å². The van der Waals surface area contributed by atoms with Gasteiger partial charge in [-0.2, -0.15) is 8.78 Å². The topological polar surface area (TPSA) is 35.5 Å². The van der Waals surface area contributed by atoms with Gasteiger partial charge in [0.25, 0.3) is 0 Å². The third kappa shape index (κ3) is 3.91. The number of carbonyl (C=O) groups excluding carboxylic acids is 1. The van der Waals surface area contributed by atoms with E-state index >= 15 is 0 Å². The van der Waals surface area contributed by atoms with E-state index in [1.54, 1.807) is 0 Å². The number of esters is 1. The number of methoxy groups -OCH3 is 1. The van der Waals surface area contributed by atoms with Gasteiger partial charge < -0.3 is 9.47 Å². The standard InChI is InChI=1S/C7H10F4O3/c1-4(5(12)13-2)14-3-7(10,11)6(8)9/h4,6H,3H2,1-2H3/t4-/m1/s1. The molecule has 14 heavy (non-hydrogen) atoms. The maximum Gasteiger partial charge on any atom is 0.334 e. The fourth-order valence-electron chi connectivity index (χ4n) is 0.533. The van der Waals surface area contributed by atoms with E-state index in [2.05, 4.69) is 9.47 Å². The second kappa shape index (κ2) is 5.14. The van der Waals surface area contributed by atoms with Gasteiger partial charge in [-0.15, -0.1) is 0 Å². The van der Waals surface area contributed by atoms with E-state index in [9.17, 15) is 22.4 Å². The lowest BCUT2D eigenvalue weighted by Crippen LogP contribution is -2.36. The molecule has 0 spiro atoms. The largest absolute Gasteiger partial charge is 0.467 e. The van der Waals surface area contributed by atoms with Crippen molar-refractivity contribution in [2.75, 3.05) is 13.7 Å². The highest BCUT2D eigenvalue weighted by Gasteiger charge is 2.41. The SMILES string of the molecule is COC(=O)[C@@H](C)OCC(F)(F)C(F)F. The Hall–Kier alpha value is -0.850. The first-order valence-electron chi connectivity index (χ1n) is 3.66. The molecule has 0 saturated carbocycles. The third-order valence-corrected chi connectivity index (χ3v) is 1.38. The van der Waals surface area contributed by atoms with Crippen LogP contribution in [0.25, 0.3) is 0 Å². The summed E-state index contributed by atoms with van der Waals surface area (Å²) in [6, 6.07) is 0. The van der Waals surface area contributed by atoms with E-state index in [-0.39, 0.29) is 0 Å². The van der Waals surface area contributed by atoms with Gasteiger partial charge in [0.05, 0.1) is 7.11 Å². The van der Waals surface area contributed by atoms with Crippen LogP contribution in [0.15, 0.2) is 0 Å². The van der Waals surface area contributed by atoms with Crippen molar-refractivity contribution in [1.29, 1.82) is 0 Å². The quantitative estimate of drug-likeness (QED) is 0.517. The second-order valence-electron chi connectivity index (χ2n) is 2.54. The monoisotopic (exact) mass is 218 g/mol. The second-order valence-corrected chi connectivity index (χ2v) is 2.54. The van der Waals surface area contributed by atoms with Crippen molar-refractivity contribution in [3.05, 3.63) is 0 Å². The van der Waals surface area contributed by atoms with Crippen molar-refractivity contribution in [1.82, 2.24) is 0 Å². The normalized spacial score (nSPS) is 14.2. The van der Waals surface area contributed by atoms with Crippen LogP contribution in [0.2, 0.25) is 0 Å². The Morgan fingerprint density at radius 3 is 2.29 bits per heavy atom. The van der Waals surface area contributed by atoms with Crippen molar-refractivity contribution < 1.29 is 31.8 Å². The molecule has 84 valence electrons. The Morgan fingerprint density at radius 2 is 1.93 bits per heavy atom. The highest BCUT2D eigenvalue weighted by molar-refractivity contribution is 5.73. The lowest BCUT2D eigenvalue weighted by molar-refractivity contribution is -0.184. The predicted octanol–water partition coefficient (Wildman–Crippen LogP) is 1.46. The number of carbonyl (C=O) groups is 1. The van der Waals surface area contributed by atoms with E-state index in [0.29, 0.717) is 0 Å². The van der Waals surface area contributed by atoms with E-state index in [0.717, 1.165) is 14.0 Å². The molecule has 7 heteroatoms. The van der Waals surface area contributed by atoms with Crippen molar-refractivity contribution in [3.8, 4) is 0 Å². The summed E-state index contributed by atoms with van der Waals surface area (Å²) in [5.74, 6) is -5.14. The molecule has 0 bridgehead atoms. The molecule has 0 rings (SSSR count). The third-order valence-electron chi connectivity index (χ3n) is 1.38. The molecule has 0 fully saturated rings. The summed E-state index contributed by atoms with van der Waals surface area (Å²) < 4.78 is 56.1. The fraction of sp³-hybridized carbons (Fsp3) is 0.857. The molecule has 0 radical (unpaired) electrons. The van der Waals surface area contributed by atoms with Gasteiger partial charge >= 0.3 is 18.3 Å². The van der Waals surface area contributed by atoms with Crippen LogP contribution in [0, 0.1) is 0 Å². The first kappa shape index (κ1) is 13.2. The highest BCUT2D eigenvalue weighted by atomic mass is 19.3. The molecule has 0 saturated heterocycles. The fourth-order valence-corrected chi connectivity index (χ4v) is 0.533. The van der Waals surface area contributed by atoms with Crippen LogP contribution in [0.5, 0.6) is 0 Å². The molecule has 0 aromatic heterocycles. The summed E-state index contributed by atoms with van der Waals surface area (Å²) in [4.78, 5) is 10.6. The van der Waals surface area contributed by atoms with Gasteiger partial charge in [-0.25, -0.2) is 13.6 Å². The average Bonchev–Trinajstić information content (AvgIpc) is 2.12. The number of alkyl halides is 4. The maximum atomic E-state index is 12.2. The lowest BCUT2D eigenvalue weighted by atomic mass is 10.3. The molecule has 0 unspecified atom stereocenters. The molecule has 0 amide bonds. The molecular formula is C7H10F4O3. The number of hydrogen-bond acceptors (Lipinski definition) is 3. The number of ether oxygens (including phenoxy) is 2. The minimum Gasteiger partial charge on any atom is -0.467 e. The van der Waals surface area contributed by atoms with E-state index in [1.165, 1.54) is 0 Å². The molecule has 0 N–H and O–H groups in total. The summed E-state index contributed by atoms with van der Waals surface area (Å²) in [7, 11) is 1.04. The summed E-state index contributed by atoms with van der Waals surface area (Å²) >= 11 is 0. The molecular weight excluding hydrogens is 208 g/mol. The number of halogens is 4. The summed E-state index contributed by atoms with van der Waals surface area (Å²) in [6.07, 6.45) is -5.10. The van der Waals surface area contributed by atoms with Gasteiger partial charge in [0.15, 0.2) is 6.10 Å². The maximum absolute atomic E-state index is 12.2.